The van der Waals surface area contributed by atoms with Gasteiger partial charge in [-0.2, -0.15) is 0 Å². The average molecular weight is 368 g/mol. The maximum absolute atomic E-state index is 12.2. The van der Waals surface area contributed by atoms with Gasteiger partial charge in [0.15, 0.2) is 11.6 Å². The van der Waals surface area contributed by atoms with E-state index in [4.69, 9.17) is 11.6 Å². The highest BCUT2D eigenvalue weighted by molar-refractivity contribution is 6.31. The predicted octanol–water partition coefficient (Wildman–Crippen LogP) is 3.46. The highest BCUT2D eigenvalue weighted by Crippen LogP contribution is 2.14. The van der Waals surface area contributed by atoms with Crippen molar-refractivity contribution >= 4 is 29.1 Å². The Morgan fingerprint density at radius 1 is 1.12 bits per heavy atom. The largest absolute Gasteiger partial charge is 0.358 e. The van der Waals surface area contributed by atoms with Gasteiger partial charge in [0, 0.05) is 36.6 Å². The van der Waals surface area contributed by atoms with E-state index in [-0.39, 0.29) is 5.91 Å². The monoisotopic (exact) mass is 367 g/mol. The van der Waals surface area contributed by atoms with Crippen LogP contribution < -0.4 is 10.2 Å². The molecular formula is C19H18ClN5O. The van der Waals surface area contributed by atoms with Crippen LogP contribution in [0.25, 0.3) is 0 Å². The lowest BCUT2D eigenvalue weighted by Crippen LogP contribution is -2.22. The fourth-order valence-electron chi connectivity index (χ4n) is 2.37. The molecule has 0 bridgehead atoms. The van der Waals surface area contributed by atoms with Crippen molar-refractivity contribution in [3.63, 3.8) is 0 Å². The second-order valence-corrected chi connectivity index (χ2v) is 6.20. The average Bonchev–Trinajstić information content (AvgIpc) is 2.67. The normalized spacial score (nSPS) is 10.4. The number of benzene rings is 1. The highest BCUT2D eigenvalue weighted by Gasteiger charge is 2.09. The van der Waals surface area contributed by atoms with Crippen molar-refractivity contribution in [3.05, 3.63) is 77.1 Å². The Hall–Kier alpha value is -2.99. The Kier molecular flexibility index (Phi) is 5.76. The van der Waals surface area contributed by atoms with Crippen LogP contribution in [0.5, 0.6) is 0 Å². The van der Waals surface area contributed by atoms with Crippen LogP contribution in [0, 0.1) is 0 Å². The molecule has 6 nitrogen and oxygen atoms in total. The molecule has 0 saturated heterocycles. The summed E-state index contributed by atoms with van der Waals surface area (Å²) in [5.41, 5.74) is 1.68. The molecule has 1 N–H and O–H groups in total. The SMILES string of the molecule is CN(CCc1ccncc1)c1ccc(NC(=O)c2cccc(Cl)c2)nn1. The van der Waals surface area contributed by atoms with Gasteiger partial charge in [0.2, 0.25) is 0 Å². The zero-order valence-electron chi connectivity index (χ0n) is 14.3. The molecule has 1 aromatic carbocycles. The quantitative estimate of drug-likeness (QED) is 0.722. The minimum absolute atomic E-state index is 0.277. The summed E-state index contributed by atoms with van der Waals surface area (Å²) >= 11 is 5.90. The van der Waals surface area contributed by atoms with Gasteiger partial charge in [0.25, 0.3) is 5.91 Å². The van der Waals surface area contributed by atoms with E-state index < -0.39 is 0 Å². The van der Waals surface area contributed by atoms with E-state index in [0.717, 1.165) is 18.8 Å². The molecule has 0 saturated carbocycles. The molecular weight excluding hydrogens is 350 g/mol. The third-order valence-electron chi connectivity index (χ3n) is 3.86. The smallest absolute Gasteiger partial charge is 0.256 e. The first-order valence-corrected chi connectivity index (χ1v) is 8.50. The molecule has 7 heteroatoms. The minimum Gasteiger partial charge on any atom is -0.358 e. The van der Waals surface area contributed by atoms with Crippen molar-refractivity contribution in [1.29, 1.82) is 0 Å². The summed E-state index contributed by atoms with van der Waals surface area (Å²) in [7, 11) is 1.95. The number of anilines is 2. The van der Waals surface area contributed by atoms with Crippen LogP contribution in [0.1, 0.15) is 15.9 Å². The van der Waals surface area contributed by atoms with E-state index in [1.807, 2.05) is 30.1 Å². The molecule has 0 aliphatic heterocycles. The topological polar surface area (TPSA) is 71.0 Å². The third-order valence-corrected chi connectivity index (χ3v) is 4.09. The highest BCUT2D eigenvalue weighted by atomic mass is 35.5. The van der Waals surface area contributed by atoms with Crippen molar-refractivity contribution in [2.75, 3.05) is 23.8 Å². The molecule has 2 heterocycles. The molecule has 3 aromatic rings. The summed E-state index contributed by atoms with van der Waals surface area (Å²) in [6, 6.07) is 14.3. The van der Waals surface area contributed by atoms with E-state index in [1.54, 1.807) is 42.7 Å². The fourth-order valence-corrected chi connectivity index (χ4v) is 2.56. The van der Waals surface area contributed by atoms with Crippen LogP contribution in [0.2, 0.25) is 5.02 Å². The standard InChI is InChI=1S/C19H18ClN5O/c1-25(12-9-14-7-10-21-11-8-14)18-6-5-17(23-24-18)22-19(26)15-3-2-4-16(20)13-15/h2-8,10-11,13H,9,12H2,1H3,(H,22,23,26). The van der Waals surface area contributed by atoms with Crippen LogP contribution in [0.4, 0.5) is 11.6 Å². The third kappa shape index (κ3) is 4.77. The maximum Gasteiger partial charge on any atom is 0.256 e. The van der Waals surface area contributed by atoms with Gasteiger partial charge in [-0.25, -0.2) is 0 Å². The number of nitrogens with one attached hydrogen (secondary N) is 1. The lowest BCUT2D eigenvalue weighted by molar-refractivity contribution is 0.102. The zero-order valence-corrected chi connectivity index (χ0v) is 15.0. The molecule has 3 rings (SSSR count). The molecule has 0 unspecified atom stereocenters. The van der Waals surface area contributed by atoms with Crippen LogP contribution in [0.15, 0.2) is 60.9 Å². The van der Waals surface area contributed by atoms with Crippen molar-refractivity contribution in [3.8, 4) is 0 Å². The molecule has 0 spiro atoms. The number of hydrogen-bond donors (Lipinski definition) is 1. The molecule has 132 valence electrons. The molecule has 0 atom stereocenters. The van der Waals surface area contributed by atoms with Gasteiger partial charge < -0.3 is 10.2 Å². The molecule has 0 aliphatic carbocycles. The Morgan fingerprint density at radius 2 is 1.92 bits per heavy atom. The first-order chi connectivity index (χ1) is 12.6. The van der Waals surface area contributed by atoms with E-state index in [0.29, 0.717) is 16.4 Å². The van der Waals surface area contributed by atoms with Crippen LogP contribution in [-0.2, 0) is 6.42 Å². The lowest BCUT2D eigenvalue weighted by Gasteiger charge is -2.17. The Morgan fingerprint density at radius 3 is 2.62 bits per heavy atom. The number of likely N-dealkylation sites (N-methyl/N-ethyl adjacent to an activating group) is 1. The van der Waals surface area contributed by atoms with E-state index in [1.165, 1.54) is 5.56 Å². The Balaban J connectivity index is 1.58. The van der Waals surface area contributed by atoms with Crippen molar-refractivity contribution in [1.82, 2.24) is 15.2 Å². The van der Waals surface area contributed by atoms with Gasteiger partial charge in [-0.1, -0.05) is 17.7 Å². The number of rotatable bonds is 6. The zero-order chi connectivity index (χ0) is 18.4. The predicted molar refractivity (Wildman–Crippen MR) is 103 cm³/mol. The van der Waals surface area contributed by atoms with Gasteiger partial charge in [0.05, 0.1) is 0 Å². The van der Waals surface area contributed by atoms with E-state index in [2.05, 4.69) is 20.5 Å². The number of hydrogen-bond acceptors (Lipinski definition) is 5. The number of carbonyl (C=O) groups is 1. The fraction of sp³-hybridized carbons (Fsp3) is 0.158. The van der Waals surface area contributed by atoms with Gasteiger partial charge in [-0.05, 0) is 54.4 Å². The molecule has 1 amide bonds. The number of pyridine rings is 1. The summed E-state index contributed by atoms with van der Waals surface area (Å²) < 4.78 is 0. The van der Waals surface area contributed by atoms with Gasteiger partial charge in [-0.3, -0.25) is 9.78 Å². The number of amides is 1. The molecule has 0 radical (unpaired) electrons. The summed E-state index contributed by atoms with van der Waals surface area (Å²) in [4.78, 5) is 18.2. The van der Waals surface area contributed by atoms with Crippen molar-refractivity contribution in [2.45, 2.75) is 6.42 Å². The van der Waals surface area contributed by atoms with Crippen LogP contribution >= 0.6 is 11.6 Å². The van der Waals surface area contributed by atoms with E-state index in [9.17, 15) is 4.79 Å². The van der Waals surface area contributed by atoms with Gasteiger partial charge in [-0.15, -0.1) is 10.2 Å². The second kappa shape index (κ2) is 8.40. The summed E-state index contributed by atoms with van der Waals surface area (Å²) in [5, 5.41) is 11.5. The van der Waals surface area contributed by atoms with Gasteiger partial charge in [0.1, 0.15) is 0 Å². The lowest BCUT2D eigenvalue weighted by atomic mass is 10.2. The molecule has 0 fully saturated rings. The van der Waals surface area contributed by atoms with Crippen molar-refractivity contribution < 1.29 is 4.79 Å². The Labute approximate surface area is 156 Å². The van der Waals surface area contributed by atoms with Crippen LogP contribution in [-0.4, -0.2) is 34.7 Å². The van der Waals surface area contributed by atoms with Crippen LogP contribution in [0.3, 0.4) is 0 Å². The molecule has 26 heavy (non-hydrogen) atoms. The first-order valence-electron chi connectivity index (χ1n) is 8.12. The second-order valence-electron chi connectivity index (χ2n) is 5.77. The number of aromatic nitrogens is 3. The number of carbonyl (C=O) groups excluding carboxylic acids is 1. The molecule has 2 aromatic heterocycles. The summed E-state index contributed by atoms with van der Waals surface area (Å²) in [6.07, 6.45) is 4.45. The minimum atomic E-state index is -0.277. The number of halogens is 1. The maximum atomic E-state index is 12.2. The number of nitrogens with zero attached hydrogens (tertiary/aromatic N) is 4. The van der Waals surface area contributed by atoms with Crippen molar-refractivity contribution in [2.24, 2.45) is 0 Å². The summed E-state index contributed by atoms with van der Waals surface area (Å²) in [6.45, 7) is 0.799. The van der Waals surface area contributed by atoms with E-state index >= 15 is 0 Å². The van der Waals surface area contributed by atoms with Gasteiger partial charge >= 0.3 is 0 Å². The Bertz CT molecular complexity index is 871. The summed E-state index contributed by atoms with van der Waals surface area (Å²) in [5.74, 6) is 0.849. The molecule has 0 aliphatic rings. The first kappa shape index (κ1) is 17.8.